The third kappa shape index (κ3) is 5.90. The third-order valence-electron chi connectivity index (χ3n) is 4.70. The Morgan fingerprint density at radius 3 is 2.41 bits per heavy atom. The average molecular weight is 417 g/mol. The first kappa shape index (κ1) is 21.0. The van der Waals surface area contributed by atoms with Crippen molar-refractivity contribution in [1.82, 2.24) is 20.4 Å². The number of nitrogens with zero attached hydrogens (tertiary/aromatic N) is 4. The van der Waals surface area contributed by atoms with E-state index in [0.717, 1.165) is 30.2 Å². The highest BCUT2D eigenvalue weighted by atomic mass is 32.1. The van der Waals surface area contributed by atoms with Crippen LogP contribution in [0.25, 0.3) is 0 Å². The summed E-state index contributed by atoms with van der Waals surface area (Å²) in [6, 6.07) is 9.28. The Morgan fingerprint density at radius 1 is 1.07 bits per heavy atom. The molecule has 1 aromatic carbocycles. The molecule has 1 aliphatic heterocycles. The van der Waals surface area contributed by atoms with Gasteiger partial charge in [-0.3, -0.25) is 10.1 Å². The number of benzene rings is 1. The number of amides is 3. The van der Waals surface area contributed by atoms with Gasteiger partial charge in [0.05, 0.1) is 0 Å². The van der Waals surface area contributed by atoms with E-state index in [9.17, 15) is 9.59 Å². The van der Waals surface area contributed by atoms with Crippen LogP contribution in [0.3, 0.4) is 0 Å². The Hall–Kier alpha value is -2.68. The van der Waals surface area contributed by atoms with Crippen molar-refractivity contribution in [2.75, 3.05) is 36.4 Å². The third-order valence-corrected chi connectivity index (χ3v) is 5.56. The summed E-state index contributed by atoms with van der Waals surface area (Å²) in [5.74, 6) is 0.181. The predicted molar refractivity (Wildman–Crippen MR) is 115 cm³/mol. The highest BCUT2D eigenvalue weighted by Gasteiger charge is 2.24. The predicted octanol–water partition coefficient (Wildman–Crippen LogP) is 2.60. The monoisotopic (exact) mass is 416 g/mol. The molecular formula is C20H28N6O2S. The van der Waals surface area contributed by atoms with Crippen molar-refractivity contribution in [3.05, 3.63) is 35.3 Å². The lowest BCUT2D eigenvalue weighted by molar-refractivity contribution is -0.117. The second kappa shape index (κ2) is 9.69. The molecule has 1 atom stereocenters. The molecule has 0 spiro atoms. The lowest BCUT2D eigenvalue weighted by atomic mass is 10.1. The maximum Gasteiger partial charge on any atom is 0.318 e. The van der Waals surface area contributed by atoms with Crippen LogP contribution in [0.5, 0.6) is 0 Å². The summed E-state index contributed by atoms with van der Waals surface area (Å²) in [7, 11) is 0. The number of anilines is 2. The summed E-state index contributed by atoms with van der Waals surface area (Å²) >= 11 is 1.37. The number of hydrogen-bond donors (Lipinski definition) is 2. The highest BCUT2D eigenvalue weighted by molar-refractivity contribution is 7.15. The summed E-state index contributed by atoms with van der Waals surface area (Å²) in [4.78, 5) is 28.9. The number of carbonyl (C=O) groups is 2. The number of rotatable bonds is 6. The van der Waals surface area contributed by atoms with Crippen LogP contribution in [0.2, 0.25) is 0 Å². The SMILES string of the molecule is CC(C)Cc1nnc(NC(=O)[C@H](C)NC(=O)N2CCN(c3ccccc3)CC2)s1. The molecule has 29 heavy (non-hydrogen) atoms. The summed E-state index contributed by atoms with van der Waals surface area (Å²) in [6.45, 7) is 8.65. The number of carbonyl (C=O) groups excluding carboxylic acids is 2. The second-order valence-electron chi connectivity index (χ2n) is 7.57. The number of para-hydroxylation sites is 1. The molecule has 3 rings (SSSR count). The van der Waals surface area contributed by atoms with Gasteiger partial charge in [0, 0.05) is 38.3 Å². The molecule has 0 saturated carbocycles. The van der Waals surface area contributed by atoms with E-state index in [1.807, 2.05) is 18.2 Å². The number of urea groups is 1. The number of hydrogen-bond acceptors (Lipinski definition) is 6. The molecule has 0 bridgehead atoms. The molecule has 156 valence electrons. The number of aromatic nitrogens is 2. The molecular weight excluding hydrogens is 388 g/mol. The van der Waals surface area contributed by atoms with E-state index in [4.69, 9.17) is 0 Å². The van der Waals surface area contributed by atoms with Crippen LogP contribution in [-0.4, -0.2) is 59.3 Å². The van der Waals surface area contributed by atoms with Crippen LogP contribution in [-0.2, 0) is 11.2 Å². The lowest BCUT2D eigenvalue weighted by Gasteiger charge is -2.36. The van der Waals surface area contributed by atoms with E-state index in [1.165, 1.54) is 11.3 Å². The summed E-state index contributed by atoms with van der Waals surface area (Å²) in [5.41, 5.74) is 1.16. The Kier molecular flexibility index (Phi) is 7.03. The molecule has 1 aromatic heterocycles. The molecule has 2 N–H and O–H groups in total. The summed E-state index contributed by atoms with van der Waals surface area (Å²) in [6.07, 6.45) is 0.828. The zero-order chi connectivity index (χ0) is 20.8. The molecule has 8 nitrogen and oxygen atoms in total. The number of nitrogens with one attached hydrogen (secondary N) is 2. The van der Waals surface area contributed by atoms with Gasteiger partial charge in [0.25, 0.3) is 0 Å². The van der Waals surface area contributed by atoms with Crippen molar-refractivity contribution < 1.29 is 9.59 Å². The molecule has 2 heterocycles. The van der Waals surface area contributed by atoms with Crippen molar-refractivity contribution in [1.29, 1.82) is 0 Å². The van der Waals surface area contributed by atoms with Crippen LogP contribution >= 0.6 is 11.3 Å². The van der Waals surface area contributed by atoms with Gasteiger partial charge in [0.2, 0.25) is 11.0 Å². The largest absolute Gasteiger partial charge is 0.368 e. The minimum absolute atomic E-state index is 0.224. The van der Waals surface area contributed by atoms with Gasteiger partial charge in [-0.1, -0.05) is 43.4 Å². The van der Waals surface area contributed by atoms with E-state index >= 15 is 0 Å². The fourth-order valence-corrected chi connectivity index (χ4v) is 4.05. The van der Waals surface area contributed by atoms with Gasteiger partial charge in [0.1, 0.15) is 11.0 Å². The van der Waals surface area contributed by atoms with Gasteiger partial charge in [0.15, 0.2) is 0 Å². The molecule has 0 radical (unpaired) electrons. The van der Waals surface area contributed by atoms with Gasteiger partial charge >= 0.3 is 6.03 Å². The van der Waals surface area contributed by atoms with Crippen LogP contribution in [0, 0.1) is 5.92 Å². The lowest BCUT2D eigenvalue weighted by Crippen LogP contribution is -2.54. The summed E-state index contributed by atoms with van der Waals surface area (Å²) < 4.78 is 0. The minimum atomic E-state index is -0.660. The van der Waals surface area contributed by atoms with Gasteiger partial charge < -0.3 is 15.1 Å². The van der Waals surface area contributed by atoms with E-state index in [0.29, 0.717) is 24.1 Å². The Labute approximate surface area is 175 Å². The number of piperazine rings is 1. The molecule has 3 amide bonds. The standard InChI is InChI=1S/C20H28N6O2S/c1-14(2)13-17-23-24-19(29-17)22-18(27)15(3)21-20(28)26-11-9-25(10-12-26)16-7-5-4-6-8-16/h4-8,14-15H,9-13H2,1-3H3,(H,21,28)(H,22,24,27)/t15-/m0/s1. The van der Waals surface area contributed by atoms with Crippen molar-refractivity contribution in [3.63, 3.8) is 0 Å². The van der Waals surface area contributed by atoms with Gasteiger partial charge in [-0.15, -0.1) is 10.2 Å². The van der Waals surface area contributed by atoms with Crippen LogP contribution in [0.1, 0.15) is 25.8 Å². The van der Waals surface area contributed by atoms with Crippen molar-refractivity contribution in [2.45, 2.75) is 33.2 Å². The summed E-state index contributed by atoms with van der Waals surface area (Å²) in [5, 5.41) is 15.0. The maximum atomic E-state index is 12.5. The molecule has 2 aromatic rings. The van der Waals surface area contributed by atoms with E-state index in [-0.39, 0.29) is 11.9 Å². The Morgan fingerprint density at radius 2 is 1.76 bits per heavy atom. The molecule has 0 aliphatic carbocycles. The molecule has 9 heteroatoms. The molecule has 1 aliphatic rings. The van der Waals surface area contributed by atoms with E-state index in [2.05, 4.69) is 51.7 Å². The van der Waals surface area contributed by atoms with Crippen molar-refractivity contribution in [3.8, 4) is 0 Å². The molecule has 1 saturated heterocycles. The van der Waals surface area contributed by atoms with Crippen molar-refractivity contribution >= 4 is 34.1 Å². The zero-order valence-electron chi connectivity index (χ0n) is 17.1. The fraction of sp³-hybridized carbons (Fsp3) is 0.500. The maximum absolute atomic E-state index is 12.5. The fourth-order valence-electron chi connectivity index (χ4n) is 3.10. The van der Waals surface area contributed by atoms with Gasteiger partial charge in [-0.05, 0) is 25.0 Å². The Balaban J connectivity index is 1.45. The normalized spacial score (nSPS) is 15.3. The van der Waals surface area contributed by atoms with E-state index in [1.54, 1.807) is 11.8 Å². The van der Waals surface area contributed by atoms with E-state index < -0.39 is 6.04 Å². The van der Waals surface area contributed by atoms with Crippen LogP contribution < -0.4 is 15.5 Å². The van der Waals surface area contributed by atoms with Gasteiger partial charge in [-0.2, -0.15) is 0 Å². The van der Waals surface area contributed by atoms with Crippen LogP contribution in [0.4, 0.5) is 15.6 Å². The smallest absolute Gasteiger partial charge is 0.318 e. The first-order valence-electron chi connectivity index (χ1n) is 9.91. The topological polar surface area (TPSA) is 90.5 Å². The van der Waals surface area contributed by atoms with Crippen LogP contribution in [0.15, 0.2) is 30.3 Å². The van der Waals surface area contributed by atoms with Gasteiger partial charge in [-0.25, -0.2) is 4.79 Å². The zero-order valence-corrected chi connectivity index (χ0v) is 17.9. The minimum Gasteiger partial charge on any atom is -0.368 e. The highest BCUT2D eigenvalue weighted by Crippen LogP contribution is 2.18. The first-order valence-corrected chi connectivity index (χ1v) is 10.7. The first-order chi connectivity index (χ1) is 13.9. The molecule has 1 fully saturated rings. The Bertz CT molecular complexity index is 817. The second-order valence-corrected chi connectivity index (χ2v) is 8.63. The average Bonchev–Trinajstić information content (AvgIpc) is 3.14. The van der Waals surface area contributed by atoms with Crippen molar-refractivity contribution in [2.24, 2.45) is 5.92 Å². The quantitative estimate of drug-likeness (QED) is 0.755. The molecule has 0 unspecified atom stereocenters.